The van der Waals surface area contributed by atoms with Gasteiger partial charge >= 0.3 is 0 Å². The van der Waals surface area contributed by atoms with Gasteiger partial charge in [-0.15, -0.1) is 0 Å². The first-order valence-corrected chi connectivity index (χ1v) is 10.3. The van der Waals surface area contributed by atoms with E-state index < -0.39 is 0 Å². The Labute approximate surface area is 181 Å². The third-order valence-electron chi connectivity index (χ3n) is 5.54. The van der Waals surface area contributed by atoms with Crippen molar-refractivity contribution in [2.75, 3.05) is 27.9 Å². The lowest BCUT2D eigenvalue weighted by Crippen LogP contribution is -2.27. The van der Waals surface area contributed by atoms with E-state index in [-0.39, 0.29) is 6.04 Å². The fraction of sp³-hybridized carbons (Fsp3) is 0.364. The third-order valence-corrected chi connectivity index (χ3v) is 5.95. The van der Waals surface area contributed by atoms with Crippen molar-refractivity contribution >= 4 is 12.2 Å². The summed E-state index contributed by atoms with van der Waals surface area (Å²) < 4.78 is 20.8. The Morgan fingerprint density at radius 3 is 2.60 bits per heavy atom. The monoisotopic (exact) mass is 426 g/mol. The van der Waals surface area contributed by atoms with E-state index in [0.29, 0.717) is 11.4 Å². The minimum absolute atomic E-state index is 0.221. The largest absolute Gasteiger partial charge is 0.497 e. The molecule has 1 aliphatic heterocycles. The molecule has 1 atom stereocenters. The van der Waals surface area contributed by atoms with Crippen LogP contribution in [-0.4, -0.2) is 47.1 Å². The van der Waals surface area contributed by atoms with Crippen LogP contribution in [0.2, 0.25) is 0 Å². The quantitative estimate of drug-likeness (QED) is 0.527. The van der Waals surface area contributed by atoms with Gasteiger partial charge in [-0.05, 0) is 55.4 Å². The van der Waals surface area contributed by atoms with Crippen LogP contribution in [0.5, 0.6) is 17.2 Å². The van der Waals surface area contributed by atoms with Crippen molar-refractivity contribution in [2.45, 2.75) is 25.6 Å². The molecule has 1 saturated heterocycles. The number of hydrogen-bond donors (Lipinski definition) is 0. The van der Waals surface area contributed by atoms with Gasteiger partial charge in [0.1, 0.15) is 23.6 Å². The fourth-order valence-corrected chi connectivity index (χ4v) is 4.25. The van der Waals surface area contributed by atoms with Crippen molar-refractivity contribution in [1.82, 2.24) is 19.2 Å². The minimum Gasteiger partial charge on any atom is -0.497 e. The van der Waals surface area contributed by atoms with Gasteiger partial charge in [-0.3, -0.25) is 9.47 Å². The smallest absolute Gasteiger partial charge is 0.203 e. The Hall–Kier alpha value is -2.84. The summed E-state index contributed by atoms with van der Waals surface area (Å²) in [6, 6.07) is 14.0. The molecular weight excluding hydrogens is 400 g/mol. The summed E-state index contributed by atoms with van der Waals surface area (Å²) in [4.78, 5) is 2.38. The predicted molar refractivity (Wildman–Crippen MR) is 117 cm³/mol. The number of hydrogen-bond acceptors (Lipinski definition) is 6. The molecular formula is C22H26N4O3S. The Balaban J connectivity index is 1.60. The number of rotatable bonds is 7. The molecule has 1 aromatic heterocycles. The lowest BCUT2D eigenvalue weighted by atomic mass is 10.0. The number of nitrogens with zero attached hydrogens (tertiary/aromatic N) is 4. The molecule has 0 bridgehead atoms. The van der Waals surface area contributed by atoms with Crippen LogP contribution in [0.4, 0.5) is 0 Å². The van der Waals surface area contributed by atoms with Crippen molar-refractivity contribution in [2.24, 2.45) is 0 Å². The van der Waals surface area contributed by atoms with Crippen LogP contribution in [0.1, 0.15) is 24.4 Å². The van der Waals surface area contributed by atoms with Crippen molar-refractivity contribution in [3.63, 3.8) is 0 Å². The number of benzene rings is 2. The van der Waals surface area contributed by atoms with E-state index in [1.54, 1.807) is 27.7 Å². The zero-order valence-corrected chi connectivity index (χ0v) is 18.3. The number of methoxy groups -OCH3 is 3. The second-order valence-corrected chi connectivity index (χ2v) is 7.57. The van der Waals surface area contributed by atoms with Crippen LogP contribution >= 0.6 is 12.2 Å². The maximum Gasteiger partial charge on any atom is 0.203 e. The van der Waals surface area contributed by atoms with Gasteiger partial charge in [0, 0.05) is 24.2 Å². The highest BCUT2D eigenvalue weighted by atomic mass is 32.1. The van der Waals surface area contributed by atoms with E-state index in [1.807, 2.05) is 45.6 Å². The molecule has 0 N–H and O–H groups in total. The molecule has 0 unspecified atom stereocenters. The summed E-state index contributed by atoms with van der Waals surface area (Å²) in [5.41, 5.74) is 2.06. The highest BCUT2D eigenvalue weighted by Crippen LogP contribution is 2.39. The van der Waals surface area contributed by atoms with Crippen LogP contribution in [0.15, 0.2) is 48.8 Å². The van der Waals surface area contributed by atoms with Gasteiger partial charge in [-0.1, -0.05) is 6.07 Å². The summed E-state index contributed by atoms with van der Waals surface area (Å²) in [6.07, 6.45) is 3.91. The molecule has 0 amide bonds. The predicted octanol–water partition coefficient (Wildman–Crippen LogP) is 4.22. The number of likely N-dealkylation sites (tertiary alicyclic amines) is 1. The summed E-state index contributed by atoms with van der Waals surface area (Å²) in [5.74, 6) is 2.49. The van der Waals surface area contributed by atoms with E-state index in [1.165, 1.54) is 0 Å². The van der Waals surface area contributed by atoms with Crippen LogP contribution in [0.3, 0.4) is 0 Å². The van der Waals surface area contributed by atoms with Crippen molar-refractivity contribution in [3.05, 3.63) is 59.1 Å². The molecule has 1 fully saturated rings. The van der Waals surface area contributed by atoms with Gasteiger partial charge in [0.15, 0.2) is 0 Å². The Morgan fingerprint density at radius 2 is 1.83 bits per heavy atom. The summed E-state index contributed by atoms with van der Waals surface area (Å²) in [5, 5.41) is 4.55. The van der Waals surface area contributed by atoms with Gasteiger partial charge in [0.2, 0.25) is 4.77 Å². The van der Waals surface area contributed by atoms with Crippen LogP contribution < -0.4 is 14.2 Å². The first-order valence-electron chi connectivity index (χ1n) is 9.89. The normalized spacial score (nSPS) is 16.6. The van der Waals surface area contributed by atoms with Crippen LogP contribution in [0, 0.1) is 4.77 Å². The van der Waals surface area contributed by atoms with Gasteiger partial charge in [0.05, 0.1) is 33.7 Å². The van der Waals surface area contributed by atoms with E-state index >= 15 is 0 Å². The highest BCUT2D eigenvalue weighted by Gasteiger charge is 2.29. The lowest BCUT2D eigenvalue weighted by molar-refractivity contribution is 0.186. The molecule has 8 heteroatoms. The molecule has 1 aliphatic rings. The van der Waals surface area contributed by atoms with Gasteiger partial charge < -0.3 is 14.2 Å². The molecule has 0 spiro atoms. The Bertz CT molecular complexity index is 1080. The number of aromatic nitrogens is 3. The zero-order chi connectivity index (χ0) is 21.1. The third kappa shape index (κ3) is 3.93. The van der Waals surface area contributed by atoms with Crippen molar-refractivity contribution in [3.8, 4) is 22.9 Å². The second-order valence-electron chi connectivity index (χ2n) is 7.20. The second kappa shape index (κ2) is 8.89. The standard InChI is InChI=1S/C22H26N4O3S/c1-27-17-7-4-6-16(12-17)25-14-23-26(22(25)30)15-24-11-5-8-20(24)19-13-18(28-2)9-10-21(19)29-3/h4,6-7,9-10,12-14,20H,5,8,11,15H2,1-3H3/t20-/m1/s1. The zero-order valence-electron chi connectivity index (χ0n) is 17.4. The summed E-state index contributed by atoms with van der Waals surface area (Å²) >= 11 is 5.72. The molecule has 2 heterocycles. The molecule has 7 nitrogen and oxygen atoms in total. The van der Waals surface area contributed by atoms with Crippen molar-refractivity contribution in [1.29, 1.82) is 0 Å². The van der Waals surface area contributed by atoms with E-state index in [9.17, 15) is 0 Å². The minimum atomic E-state index is 0.221. The molecule has 3 aromatic rings. The first kappa shape index (κ1) is 20.4. The Kier molecular flexibility index (Phi) is 6.06. The van der Waals surface area contributed by atoms with Crippen LogP contribution in [0.25, 0.3) is 5.69 Å². The average molecular weight is 427 g/mol. The van der Waals surface area contributed by atoms with Crippen molar-refractivity contribution < 1.29 is 14.2 Å². The molecule has 0 radical (unpaired) electrons. The van der Waals surface area contributed by atoms with Gasteiger partial charge in [-0.25, -0.2) is 4.68 Å². The van der Waals surface area contributed by atoms with E-state index in [0.717, 1.165) is 47.9 Å². The molecule has 0 saturated carbocycles. The van der Waals surface area contributed by atoms with Gasteiger partial charge in [0.25, 0.3) is 0 Å². The molecule has 158 valence electrons. The molecule has 4 rings (SSSR count). The average Bonchev–Trinajstić information content (AvgIpc) is 3.40. The first-order chi connectivity index (χ1) is 14.6. The molecule has 0 aliphatic carbocycles. The van der Waals surface area contributed by atoms with E-state index in [2.05, 4.69) is 16.1 Å². The summed E-state index contributed by atoms with van der Waals surface area (Å²) in [7, 11) is 5.04. The SMILES string of the molecule is COc1cccc(-n2cnn(CN3CCC[C@@H]3c3cc(OC)ccc3OC)c2=S)c1. The molecule has 2 aromatic carbocycles. The molecule has 30 heavy (non-hydrogen) atoms. The lowest BCUT2D eigenvalue weighted by Gasteiger charge is -2.26. The Morgan fingerprint density at radius 1 is 1.03 bits per heavy atom. The maximum absolute atomic E-state index is 5.72. The summed E-state index contributed by atoms with van der Waals surface area (Å²) in [6.45, 7) is 1.58. The van der Waals surface area contributed by atoms with Crippen LogP contribution in [-0.2, 0) is 6.67 Å². The highest BCUT2D eigenvalue weighted by molar-refractivity contribution is 7.71. The maximum atomic E-state index is 5.72. The fourth-order valence-electron chi connectivity index (χ4n) is 3.99. The topological polar surface area (TPSA) is 53.7 Å². The van der Waals surface area contributed by atoms with E-state index in [4.69, 9.17) is 26.4 Å². The number of ether oxygens (including phenoxy) is 3. The van der Waals surface area contributed by atoms with Gasteiger partial charge in [-0.2, -0.15) is 5.10 Å².